The molecule has 0 spiro atoms. The molecule has 3 N–H and O–H groups in total. The van der Waals surface area contributed by atoms with Crippen LogP contribution < -0.4 is 5.73 Å². The number of benzene rings is 2. The van der Waals surface area contributed by atoms with E-state index in [2.05, 4.69) is 26.1 Å². The monoisotopic (exact) mass is 287 g/mol. The Morgan fingerprint density at radius 2 is 1.88 bits per heavy atom. The molecule has 0 aliphatic carbocycles. The van der Waals surface area contributed by atoms with Crippen LogP contribution in [0.1, 0.15) is 0 Å². The molecule has 0 fully saturated rings. The lowest BCUT2D eigenvalue weighted by molar-refractivity contribution is 1.12. The van der Waals surface area contributed by atoms with E-state index < -0.39 is 0 Å². The summed E-state index contributed by atoms with van der Waals surface area (Å²) in [7, 11) is 0. The number of nitrogens with zero attached hydrogens (tertiary/aromatic N) is 1. The Morgan fingerprint density at radius 3 is 2.71 bits per heavy atom. The van der Waals surface area contributed by atoms with Crippen LogP contribution in [0.5, 0.6) is 0 Å². The normalized spacial score (nSPS) is 10.9. The van der Waals surface area contributed by atoms with Gasteiger partial charge in [-0.2, -0.15) is 5.10 Å². The number of hydrogen-bond acceptors (Lipinski definition) is 2. The number of fused-ring (bicyclic) bond motifs is 1. The molecule has 0 bridgehead atoms. The van der Waals surface area contributed by atoms with Crippen LogP contribution in [-0.4, -0.2) is 10.2 Å². The lowest BCUT2D eigenvalue weighted by Gasteiger charge is -2.02. The van der Waals surface area contributed by atoms with Gasteiger partial charge in [-0.3, -0.25) is 5.10 Å². The zero-order chi connectivity index (χ0) is 11.8. The fourth-order valence-electron chi connectivity index (χ4n) is 1.95. The Bertz CT molecular complexity index is 688. The molecule has 1 heterocycles. The smallest absolute Gasteiger partial charge is 0.103 e. The van der Waals surface area contributed by atoms with Crippen molar-refractivity contribution in [1.82, 2.24) is 10.2 Å². The molecule has 0 amide bonds. The number of nitrogen functional groups attached to an aromatic ring is 1. The number of hydrogen-bond donors (Lipinski definition) is 2. The van der Waals surface area contributed by atoms with Crippen LogP contribution in [-0.2, 0) is 0 Å². The molecule has 3 rings (SSSR count). The standard InChI is InChI=1S/C13H10BrN3/c14-9-5-2-1-4-8(9)13-12-10(15)6-3-7-11(12)16-17-13/h1-7H,15H2,(H,16,17). The summed E-state index contributed by atoms with van der Waals surface area (Å²) in [6.07, 6.45) is 0. The summed E-state index contributed by atoms with van der Waals surface area (Å²) in [5, 5.41) is 8.33. The first kappa shape index (κ1) is 10.4. The Hall–Kier alpha value is -1.81. The minimum Gasteiger partial charge on any atom is -0.398 e. The Labute approximate surface area is 107 Å². The van der Waals surface area contributed by atoms with Gasteiger partial charge in [0.25, 0.3) is 0 Å². The molecule has 3 nitrogen and oxygen atoms in total. The number of halogens is 1. The predicted molar refractivity (Wildman–Crippen MR) is 73.6 cm³/mol. The first-order valence-corrected chi connectivity index (χ1v) is 6.04. The van der Waals surface area contributed by atoms with E-state index >= 15 is 0 Å². The molecular formula is C13H10BrN3. The van der Waals surface area contributed by atoms with Gasteiger partial charge in [0.05, 0.1) is 10.9 Å². The molecule has 0 atom stereocenters. The maximum absolute atomic E-state index is 6.01. The van der Waals surface area contributed by atoms with Crippen LogP contribution in [0, 0.1) is 0 Å². The highest BCUT2D eigenvalue weighted by Gasteiger charge is 2.12. The van der Waals surface area contributed by atoms with Gasteiger partial charge in [0.1, 0.15) is 5.69 Å². The summed E-state index contributed by atoms with van der Waals surface area (Å²) in [5.41, 5.74) is 9.62. The average Bonchev–Trinajstić information content (AvgIpc) is 2.75. The van der Waals surface area contributed by atoms with Crippen LogP contribution in [0.2, 0.25) is 0 Å². The van der Waals surface area contributed by atoms with Gasteiger partial charge < -0.3 is 5.73 Å². The van der Waals surface area contributed by atoms with Crippen LogP contribution in [0.3, 0.4) is 0 Å². The third-order valence-corrected chi connectivity index (χ3v) is 3.44. The molecule has 0 saturated carbocycles. The van der Waals surface area contributed by atoms with Crippen molar-refractivity contribution in [3.05, 3.63) is 46.9 Å². The van der Waals surface area contributed by atoms with Crippen LogP contribution in [0.25, 0.3) is 22.2 Å². The molecule has 2 aromatic carbocycles. The lowest BCUT2D eigenvalue weighted by Crippen LogP contribution is -1.87. The van der Waals surface area contributed by atoms with Crippen molar-refractivity contribution in [3.8, 4) is 11.3 Å². The van der Waals surface area contributed by atoms with Gasteiger partial charge in [0.2, 0.25) is 0 Å². The van der Waals surface area contributed by atoms with Gasteiger partial charge in [-0.25, -0.2) is 0 Å². The van der Waals surface area contributed by atoms with Crippen molar-refractivity contribution in [2.45, 2.75) is 0 Å². The van der Waals surface area contributed by atoms with Crippen molar-refractivity contribution in [3.63, 3.8) is 0 Å². The number of aromatic amines is 1. The molecule has 0 aliphatic rings. The van der Waals surface area contributed by atoms with Gasteiger partial charge in [0.15, 0.2) is 0 Å². The second kappa shape index (κ2) is 3.89. The van der Waals surface area contributed by atoms with Gasteiger partial charge in [-0.05, 0) is 18.2 Å². The molecule has 1 aromatic heterocycles. The van der Waals surface area contributed by atoms with Crippen molar-refractivity contribution >= 4 is 32.5 Å². The largest absolute Gasteiger partial charge is 0.398 e. The van der Waals surface area contributed by atoms with Gasteiger partial charge in [-0.15, -0.1) is 0 Å². The summed E-state index contributed by atoms with van der Waals surface area (Å²) in [4.78, 5) is 0. The Balaban J connectivity index is 2.36. The summed E-state index contributed by atoms with van der Waals surface area (Å²) in [6.45, 7) is 0. The molecule has 0 saturated heterocycles. The van der Waals surface area contributed by atoms with Crippen molar-refractivity contribution in [2.24, 2.45) is 0 Å². The Morgan fingerprint density at radius 1 is 1.06 bits per heavy atom. The highest BCUT2D eigenvalue weighted by atomic mass is 79.9. The molecule has 0 aliphatic heterocycles. The number of rotatable bonds is 1. The summed E-state index contributed by atoms with van der Waals surface area (Å²) in [5.74, 6) is 0. The van der Waals surface area contributed by atoms with E-state index in [-0.39, 0.29) is 0 Å². The topological polar surface area (TPSA) is 54.7 Å². The van der Waals surface area contributed by atoms with Crippen LogP contribution in [0.4, 0.5) is 5.69 Å². The fourth-order valence-corrected chi connectivity index (χ4v) is 2.42. The SMILES string of the molecule is Nc1cccc2[nH]nc(-c3ccccc3Br)c12. The van der Waals surface area contributed by atoms with Crippen LogP contribution in [0.15, 0.2) is 46.9 Å². The van der Waals surface area contributed by atoms with Gasteiger partial charge >= 0.3 is 0 Å². The van der Waals surface area contributed by atoms with Crippen molar-refractivity contribution in [2.75, 3.05) is 5.73 Å². The number of nitrogens with one attached hydrogen (secondary N) is 1. The number of nitrogens with two attached hydrogens (primary N) is 1. The minimum absolute atomic E-state index is 0.738. The minimum atomic E-state index is 0.738. The Kier molecular flexibility index (Phi) is 2.37. The molecule has 17 heavy (non-hydrogen) atoms. The quantitative estimate of drug-likeness (QED) is 0.672. The first-order valence-electron chi connectivity index (χ1n) is 5.25. The highest BCUT2D eigenvalue weighted by Crippen LogP contribution is 2.34. The highest BCUT2D eigenvalue weighted by molar-refractivity contribution is 9.10. The number of H-pyrrole nitrogens is 1. The van der Waals surface area contributed by atoms with Crippen LogP contribution >= 0.6 is 15.9 Å². The van der Waals surface area contributed by atoms with E-state index in [0.29, 0.717) is 0 Å². The maximum Gasteiger partial charge on any atom is 0.103 e. The maximum atomic E-state index is 6.01. The van der Waals surface area contributed by atoms with Gasteiger partial charge in [0, 0.05) is 15.7 Å². The van der Waals surface area contributed by atoms with E-state index in [1.807, 2.05) is 42.5 Å². The molecular weight excluding hydrogens is 278 g/mol. The predicted octanol–water partition coefficient (Wildman–Crippen LogP) is 3.57. The second-order valence-electron chi connectivity index (χ2n) is 3.82. The van der Waals surface area contributed by atoms with Crippen molar-refractivity contribution < 1.29 is 0 Å². The fraction of sp³-hybridized carbons (Fsp3) is 0. The molecule has 0 radical (unpaired) electrons. The summed E-state index contributed by atoms with van der Waals surface area (Å²) < 4.78 is 1.01. The zero-order valence-electron chi connectivity index (χ0n) is 8.94. The molecule has 4 heteroatoms. The van der Waals surface area contributed by atoms with Crippen molar-refractivity contribution in [1.29, 1.82) is 0 Å². The summed E-state index contributed by atoms with van der Waals surface area (Å²) >= 11 is 3.53. The van der Waals surface area contributed by atoms with E-state index in [9.17, 15) is 0 Å². The lowest BCUT2D eigenvalue weighted by atomic mass is 10.1. The van der Waals surface area contributed by atoms with E-state index in [1.165, 1.54) is 0 Å². The van der Waals surface area contributed by atoms with E-state index in [1.54, 1.807) is 0 Å². The van der Waals surface area contributed by atoms with E-state index in [0.717, 1.165) is 32.3 Å². The first-order chi connectivity index (χ1) is 8.27. The molecule has 3 aromatic rings. The zero-order valence-corrected chi connectivity index (χ0v) is 10.5. The third-order valence-electron chi connectivity index (χ3n) is 2.75. The second-order valence-corrected chi connectivity index (χ2v) is 4.68. The average molecular weight is 288 g/mol. The van der Waals surface area contributed by atoms with E-state index in [4.69, 9.17) is 5.73 Å². The molecule has 0 unspecified atom stereocenters. The summed E-state index contributed by atoms with van der Waals surface area (Å²) in [6, 6.07) is 13.8. The number of aromatic nitrogens is 2. The number of anilines is 1. The third kappa shape index (κ3) is 1.61. The van der Waals surface area contributed by atoms with Gasteiger partial charge in [-0.1, -0.05) is 40.2 Å². The molecule has 84 valence electrons.